The minimum Gasteiger partial charge on any atom is -0.496 e. The van der Waals surface area contributed by atoms with Crippen molar-refractivity contribution < 1.29 is 14.6 Å². The molecule has 1 fully saturated rings. The van der Waals surface area contributed by atoms with Crippen molar-refractivity contribution in [2.75, 3.05) is 12.4 Å². The van der Waals surface area contributed by atoms with Crippen LogP contribution >= 0.6 is 12.2 Å². The number of carboxylic acid groups (broad SMARTS) is 1. The summed E-state index contributed by atoms with van der Waals surface area (Å²) >= 11 is 5.62. The standard InChI is InChI=1S/C23H24N2O3S/c1-28-21-12-17(23(26)27)6-7-18(21)14-25-11-10-15-8-9-19(13-20(15)25)24-22(29)16-4-2-3-5-16/h6-13,16H,2-5,14H2,1H3,(H,24,29)(H,26,27). The summed E-state index contributed by atoms with van der Waals surface area (Å²) in [6.45, 7) is 0.586. The second-order valence-electron chi connectivity index (χ2n) is 7.52. The molecule has 0 bridgehead atoms. The maximum absolute atomic E-state index is 11.2. The molecule has 0 amide bonds. The van der Waals surface area contributed by atoms with Crippen LogP contribution in [0.2, 0.25) is 0 Å². The van der Waals surface area contributed by atoms with Crippen LogP contribution in [0.15, 0.2) is 48.7 Å². The van der Waals surface area contributed by atoms with Gasteiger partial charge < -0.3 is 19.7 Å². The van der Waals surface area contributed by atoms with Gasteiger partial charge in [-0.1, -0.05) is 37.2 Å². The molecule has 1 heterocycles. The van der Waals surface area contributed by atoms with Gasteiger partial charge in [0.2, 0.25) is 0 Å². The Kier molecular flexibility index (Phi) is 5.53. The summed E-state index contributed by atoms with van der Waals surface area (Å²) in [5.74, 6) is 0.100. The van der Waals surface area contributed by atoms with Gasteiger partial charge in [-0.2, -0.15) is 0 Å². The third-order valence-corrected chi connectivity index (χ3v) is 6.08. The number of methoxy groups -OCH3 is 1. The number of aromatic carboxylic acids is 1. The molecule has 1 aromatic heterocycles. The topological polar surface area (TPSA) is 63.5 Å². The number of carboxylic acids is 1. The van der Waals surface area contributed by atoms with Crippen molar-refractivity contribution in [1.82, 2.24) is 4.57 Å². The number of carbonyl (C=O) groups is 1. The number of anilines is 1. The van der Waals surface area contributed by atoms with Gasteiger partial charge in [-0.05, 0) is 48.6 Å². The second kappa shape index (κ2) is 8.25. The van der Waals surface area contributed by atoms with E-state index in [1.165, 1.54) is 25.7 Å². The molecule has 1 saturated carbocycles. The predicted molar refractivity (Wildman–Crippen MR) is 119 cm³/mol. The van der Waals surface area contributed by atoms with E-state index >= 15 is 0 Å². The Bertz CT molecular complexity index is 1070. The van der Waals surface area contributed by atoms with Gasteiger partial charge in [-0.15, -0.1) is 0 Å². The summed E-state index contributed by atoms with van der Waals surface area (Å²) in [6, 6.07) is 13.3. The Morgan fingerprint density at radius 3 is 2.72 bits per heavy atom. The van der Waals surface area contributed by atoms with Gasteiger partial charge in [0, 0.05) is 23.4 Å². The van der Waals surface area contributed by atoms with E-state index in [4.69, 9.17) is 17.0 Å². The van der Waals surface area contributed by atoms with Gasteiger partial charge in [-0.25, -0.2) is 4.79 Å². The van der Waals surface area contributed by atoms with Crippen molar-refractivity contribution in [3.05, 3.63) is 59.8 Å². The quantitative estimate of drug-likeness (QED) is 0.540. The van der Waals surface area contributed by atoms with Crippen molar-refractivity contribution in [3.8, 4) is 5.75 Å². The zero-order chi connectivity index (χ0) is 20.4. The van der Waals surface area contributed by atoms with Crippen LogP contribution in [-0.4, -0.2) is 27.7 Å². The van der Waals surface area contributed by atoms with Crippen LogP contribution in [0.25, 0.3) is 10.9 Å². The van der Waals surface area contributed by atoms with Crippen molar-refractivity contribution in [3.63, 3.8) is 0 Å². The van der Waals surface area contributed by atoms with E-state index < -0.39 is 5.97 Å². The molecule has 1 aliphatic rings. The number of nitrogens with zero attached hydrogens (tertiary/aromatic N) is 1. The lowest BCUT2D eigenvalue weighted by Gasteiger charge is -2.15. The first-order chi connectivity index (χ1) is 14.0. The molecule has 6 heteroatoms. The number of thiocarbonyl (C=S) groups is 1. The molecular formula is C23H24N2O3S. The van der Waals surface area contributed by atoms with E-state index in [0.717, 1.165) is 27.1 Å². The number of nitrogens with one attached hydrogen (secondary N) is 1. The normalized spacial score (nSPS) is 14.2. The van der Waals surface area contributed by atoms with Gasteiger partial charge in [0.15, 0.2) is 0 Å². The molecule has 0 aliphatic heterocycles. The van der Waals surface area contributed by atoms with Gasteiger partial charge in [-0.3, -0.25) is 0 Å². The van der Waals surface area contributed by atoms with Gasteiger partial charge in [0.05, 0.1) is 29.7 Å². The molecule has 3 aromatic rings. The van der Waals surface area contributed by atoms with Crippen LogP contribution in [0, 0.1) is 5.92 Å². The summed E-state index contributed by atoms with van der Waals surface area (Å²) < 4.78 is 7.56. The van der Waals surface area contributed by atoms with Crippen molar-refractivity contribution in [2.45, 2.75) is 32.2 Å². The number of rotatable bonds is 6. The van der Waals surface area contributed by atoms with Crippen LogP contribution in [0.3, 0.4) is 0 Å². The lowest BCUT2D eigenvalue weighted by molar-refractivity contribution is 0.0696. The van der Waals surface area contributed by atoms with Gasteiger partial charge in [0.25, 0.3) is 0 Å². The number of fused-ring (bicyclic) bond motifs is 1. The summed E-state index contributed by atoms with van der Waals surface area (Å²) in [6.07, 6.45) is 6.91. The van der Waals surface area contributed by atoms with Crippen molar-refractivity contribution in [1.29, 1.82) is 0 Å². The molecule has 0 unspecified atom stereocenters. The van der Waals surface area contributed by atoms with E-state index in [1.54, 1.807) is 19.2 Å². The average molecular weight is 409 g/mol. The van der Waals surface area contributed by atoms with Crippen LogP contribution in [0.1, 0.15) is 41.6 Å². The van der Waals surface area contributed by atoms with Crippen LogP contribution in [0.4, 0.5) is 5.69 Å². The van der Waals surface area contributed by atoms with E-state index in [2.05, 4.69) is 34.1 Å². The maximum Gasteiger partial charge on any atom is 0.335 e. The molecular weight excluding hydrogens is 384 g/mol. The molecule has 150 valence electrons. The molecule has 0 radical (unpaired) electrons. The van der Waals surface area contributed by atoms with E-state index in [-0.39, 0.29) is 5.56 Å². The lowest BCUT2D eigenvalue weighted by Crippen LogP contribution is -2.18. The molecule has 2 N–H and O–H groups in total. The molecule has 4 rings (SSSR count). The SMILES string of the molecule is COc1cc(C(=O)O)ccc1Cn1ccc2ccc(NC(=S)C3CCCC3)cc21. The maximum atomic E-state index is 11.2. The van der Waals surface area contributed by atoms with Crippen LogP contribution in [0.5, 0.6) is 5.75 Å². The highest BCUT2D eigenvalue weighted by Gasteiger charge is 2.19. The number of ether oxygens (including phenoxy) is 1. The Morgan fingerprint density at radius 2 is 2.00 bits per heavy atom. The molecule has 29 heavy (non-hydrogen) atoms. The summed E-state index contributed by atoms with van der Waals surface area (Å²) in [5, 5.41) is 13.8. The highest BCUT2D eigenvalue weighted by molar-refractivity contribution is 7.80. The third kappa shape index (κ3) is 4.12. The summed E-state index contributed by atoms with van der Waals surface area (Å²) in [4.78, 5) is 12.2. The zero-order valence-electron chi connectivity index (χ0n) is 16.4. The number of hydrogen-bond acceptors (Lipinski definition) is 3. The Balaban J connectivity index is 1.59. The molecule has 0 atom stereocenters. The fraction of sp³-hybridized carbons (Fsp3) is 0.304. The molecule has 0 spiro atoms. The minimum atomic E-state index is -0.963. The third-order valence-electron chi connectivity index (χ3n) is 5.64. The summed E-state index contributed by atoms with van der Waals surface area (Å²) in [5.41, 5.74) is 3.24. The van der Waals surface area contributed by atoms with Gasteiger partial charge in [0.1, 0.15) is 5.75 Å². The molecule has 1 aliphatic carbocycles. The fourth-order valence-corrected chi connectivity index (χ4v) is 4.38. The number of hydrogen-bond donors (Lipinski definition) is 2. The minimum absolute atomic E-state index is 0.217. The largest absolute Gasteiger partial charge is 0.496 e. The average Bonchev–Trinajstić information content (AvgIpc) is 3.39. The van der Waals surface area contributed by atoms with Gasteiger partial charge >= 0.3 is 5.97 Å². The number of aromatic nitrogens is 1. The first kappa shape index (κ1) is 19.5. The molecule has 5 nitrogen and oxygen atoms in total. The second-order valence-corrected chi connectivity index (χ2v) is 7.96. The predicted octanol–water partition coefficient (Wildman–Crippen LogP) is 5.33. The van der Waals surface area contributed by atoms with Crippen molar-refractivity contribution in [2.24, 2.45) is 5.92 Å². The summed E-state index contributed by atoms with van der Waals surface area (Å²) in [7, 11) is 1.56. The van der Waals surface area contributed by atoms with Crippen molar-refractivity contribution >= 4 is 39.8 Å². The van der Waals surface area contributed by atoms with Crippen LogP contribution in [-0.2, 0) is 6.54 Å². The fourth-order valence-electron chi connectivity index (χ4n) is 4.02. The van der Waals surface area contributed by atoms with E-state index in [9.17, 15) is 9.90 Å². The molecule has 2 aromatic carbocycles. The Labute approximate surface area is 175 Å². The highest BCUT2D eigenvalue weighted by atomic mass is 32.1. The van der Waals surface area contributed by atoms with Crippen LogP contribution < -0.4 is 10.1 Å². The smallest absolute Gasteiger partial charge is 0.335 e. The van der Waals surface area contributed by atoms with E-state index in [0.29, 0.717) is 18.2 Å². The lowest BCUT2D eigenvalue weighted by atomic mass is 10.1. The first-order valence-electron chi connectivity index (χ1n) is 9.85. The van der Waals surface area contributed by atoms with E-state index in [1.807, 2.05) is 12.3 Å². The highest BCUT2D eigenvalue weighted by Crippen LogP contribution is 2.29. The monoisotopic (exact) mass is 408 g/mol. The Morgan fingerprint density at radius 1 is 1.21 bits per heavy atom. The molecule has 0 saturated heterocycles. The Hall–Kier alpha value is -2.86. The first-order valence-corrected chi connectivity index (χ1v) is 10.3. The number of benzene rings is 2. The zero-order valence-corrected chi connectivity index (χ0v) is 17.2.